The van der Waals surface area contributed by atoms with Gasteiger partial charge in [-0.05, 0) is 37.1 Å². The molecule has 3 aromatic rings. The standard InChI is InChI=1S/C33H37BrN6O4S/c1-4-16-37(20-39-25-15-11-10-14-24(25)35-36-39)32(44)29-33-18-23(34)28(45-33)26(27(33)31(43)40(29)21(6-3)19-41)30(42)38(17-5-2)22-12-8-7-9-13-22/h4-5,7-15,21,23,26-29,41H,1-2,6,16-20H2,3H3/t21-,23?,26-,27-,28-,29?,33?/m0/s1. The number of nitrogens with zero attached hydrogens (tertiary/aromatic N) is 6. The molecule has 3 saturated heterocycles. The number of carbonyl (C=O) groups is 3. The van der Waals surface area contributed by atoms with Crippen molar-refractivity contribution in [3.8, 4) is 0 Å². The minimum absolute atomic E-state index is 0.0848. The summed E-state index contributed by atoms with van der Waals surface area (Å²) in [6, 6.07) is 15.4. The summed E-state index contributed by atoms with van der Waals surface area (Å²) in [5, 5.41) is 18.8. The van der Waals surface area contributed by atoms with Gasteiger partial charge in [0.05, 0.1) is 34.7 Å². The lowest BCUT2D eigenvalue weighted by Crippen LogP contribution is -2.58. The summed E-state index contributed by atoms with van der Waals surface area (Å²) < 4.78 is 0.804. The molecule has 6 rings (SSSR count). The van der Waals surface area contributed by atoms with E-state index in [4.69, 9.17) is 0 Å². The third kappa shape index (κ3) is 5.11. The first-order chi connectivity index (χ1) is 21.8. The topological polar surface area (TPSA) is 112 Å². The van der Waals surface area contributed by atoms with Crippen LogP contribution in [0.5, 0.6) is 0 Å². The third-order valence-electron chi connectivity index (χ3n) is 9.35. The zero-order chi connectivity index (χ0) is 31.9. The van der Waals surface area contributed by atoms with Crippen LogP contribution < -0.4 is 4.90 Å². The van der Waals surface area contributed by atoms with Gasteiger partial charge in [-0.2, -0.15) is 0 Å². The highest BCUT2D eigenvalue weighted by Crippen LogP contribution is 2.68. The van der Waals surface area contributed by atoms with Gasteiger partial charge in [-0.1, -0.05) is 70.6 Å². The molecule has 236 valence electrons. The van der Waals surface area contributed by atoms with Crippen LogP contribution >= 0.6 is 27.7 Å². The number of rotatable bonds is 12. The van der Waals surface area contributed by atoms with Gasteiger partial charge in [0.15, 0.2) is 0 Å². The molecule has 3 fully saturated rings. The van der Waals surface area contributed by atoms with Gasteiger partial charge in [-0.25, -0.2) is 4.68 Å². The Balaban J connectivity index is 1.42. The molecular formula is C33H37BrN6O4S. The average molecular weight is 694 g/mol. The smallest absolute Gasteiger partial charge is 0.248 e. The number of hydrogen-bond acceptors (Lipinski definition) is 7. The lowest BCUT2D eigenvalue weighted by molar-refractivity contribution is -0.146. The number of para-hydroxylation sites is 2. The van der Waals surface area contributed by atoms with Gasteiger partial charge in [0, 0.05) is 28.9 Å². The second-order valence-electron chi connectivity index (χ2n) is 11.8. The molecule has 3 aliphatic heterocycles. The van der Waals surface area contributed by atoms with Crippen molar-refractivity contribution in [2.75, 3.05) is 24.6 Å². The number of aliphatic hydroxyl groups is 1. The largest absolute Gasteiger partial charge is 0.394 e. The van der Waals surface area contributed by atoms with Crippen LogP contribution in [-0.2, 0) is 21.1 Å². The van der Waals surface area contributed by atoms with Crippen LogP contribution in [0.15, 0.2) is 79.9 Å². The average Bonchev–Trinajstić information content (AvgIpc) is 3.77. The number of alkyl halides is 1. The van der Waals surface area contributed by atoms with Crippen LogP contribution in [0.4, 0.5) is 5.69 Å². The molecule has 0 saturated carbocycles. The second-order valence-corrected chi connectivity index (χ2v) is 14.5. The van der Waals surface area contributed by atoms with E-state index in [1.54, 1.807) is 43.3 Å². The van der Waals surface area contributed by atoms with E-state index in [-0.39, 0.29) is 54.2 Å². The minimum Gasteiger partial charge on any atom is -0.394 e. The molecule has 1 aromatic heterocycles. The van der Waals surface area contributed by atoms with E-state index in [0.29, 0.717) is 18.4 Å². The van der Waals surface area contributed by atoms with Crippen LogP contribution in [0.1, 0.15) is 19.8 Å². The van der Waals surface area contributed by atoms with Crippen molar-refractivity contribution in [1.82, 2.24) is 24.8 Å². The maximum atomic E-state index is 14.9. The monoisotopic (exact) mass is 692 g/mol. The highest BCUT2D eigenvalue weighted by atomic mass is 79.9. The van der Waals surface area contributed by atoms with E-state index in [2.05, 4.69) is 39.4 Å². The van der Waals surface area contributed by atoms with E-state index in [1.807, 2.05) is 61.5 Å². The summed E-state index contributed by atoms with van der Waals surface area (Å²) in [5.74, 6) is -2.06. The Hall–Kier alpha value is -3.48. The molecule has 3 unspecified atom stereocenters. The molecule has 10 nitrogen and oxygen atoms in total. The molecule has 3 aliphatic rings. The van der Waals surface area contributed by atoms with Gasteiger partial charge in [0.1, 0.15) is 18.2 Å². The molecule has 3 amide bonds. The number of halogens is 1. The number of likely N-dealkylation sites (tertiary alicyclic amines) is 1. The van der Waals surface area contributed by atoms with Crippen molar-refractivity contribution in [3.05, 3.63) is 79.9 Å². The van der Waals surface area contributed by atoms with Crippen molar-refractivity contribution in [3.63, 3.8) is 0 Å². The summed E-state index contributed by atoms with van der Waals surface area (Å²) in [6.45, 7) is 9.99. The van der Waals surface area contributed by atoms with Crippen molar-refractivity contribution >= 4 is 62.1 Å². The SMILES string of the molecule is C=CCN(Cn1nnc2ccccc21)C(=O)C1N([C@@H](CC)CO)C(=O)[C@@H]2[C@H](C(=O)N(CC=C)c3ccccc3)[C@H]3SC12CC3Br. The molecule has 2 bridgehead atoms. The molecule has 0 radical (unpaired) electrons. The first-order valence-corrected chi connectivity index (χ1v) is 17.0. The van der Waals surface area contributed by atoms with Crippen LogP contribution in [0.25, 0.3) is 11.0 Å². The van der Waals surface area contributed by atoms with Crippen LogP contribution in [0.3, 0.4) is 0 Å². The zero-order valence-corrected chi connectivity index (χ0v) is 27.5. The predicted molar refractivity (Wildman–Crippen MR) is 179 cm³/mol. The van der Waals surface area contributed by atoms with Crippen molar-refractivity contribution in [2.24, 2.45) is 11.8 Å². The number of amides is 3. The van der Waals surface area contributed by atoms with Gasteiger partial charge in [-0.3, -0.25) is 14.4 Å². The van der Waals surface area contributed by atoms with Crippen molar-refractivity contribution in [1.29, 1.82) is 0 Å². The summed E-state index contributed by atoms with van der Waals surface area (Å²) in [5.41, 5.74) is 2.22. The lowest BCUT2D eigenvalue weighted by Gasteiger charge is -2.39. The highest BCUT2D eigenvalue weighted by molar-refractivity contribution is 9.09. The normalized spacial score (nSPS) is 27.4. The quantitative estimate of drug-likeness (QED) is 0.227. The molecule has 4 heterocycles. The molecule has 7 atom stereocenters. The Morgan fingerprint density at radius 3 is 2.53 bits per heavy atom. The number of fused-ring (bicyclic) bond motifs is 2. The lowest BCUT2D eigenvalue weighted by atomic mass is 9.70. The Morgan fingerprint density at radius 2 is 1.84 bits per heavy atom. The minimum atomic E-state index is -0.890. The number of hydrogen-bond donors (Lipinski definition) is 1. The molecular weight excluding hydrogens is 656 g/mol. The van der Waals surface area contributed by atoms with Gasteiger partial charge < -0.3 is 19.8 Å². The van der Waals surface area contributed by atoms with Crippen LogP contribution in [0.2, 0.25) is 0 Å². The van der Waals surface area contributed by atoms with Gasteiger partial charge in [0.2, 0.25) is 17.7 Å². The Bertz CT molecular complexity index is 1610. The molecule has 1 spiro atoms. The zero-order valence-electron chi connectivity index (χ0n) is 25.1. The number of aliphatic hydroxyl groups excluding tert-OH is 1. The summed E-state index contributed by atoms with van der Waals surface area (Å²) in [6.07, 6.45) is 4.34. The number of thioether (sulfide) groups is 1. The number of benzene rings is 2. The van der Waals surface area contributed by atoms with Gasteiger partial charge in [0.25, 0.3) is 0 Å². The molecule has 2 aromatic carbocycles. The van der Waals surface area contributed by atoms with Crippen molar-refractivity contribution in [2.45, 2.75) is 53.3 Å². The molecule has 0 aliphatic carbocycles. The Morgan fingerprint density at radius 1 is 1.13 bits per heavy atom. The van der Waals surface area contributed by atoms with E-state index in [9.17, 15) is 19.5 Å². The Kier molecular flexibility index (Phi) is 8.91. The fourth-order valence-electron chi connectivity index (χ4n) is 7.41. The molecule has 45 heavy (non-hydrogen) atoms. The number of aromatic nitrogens is 3. The van der Waals surface area contributed by atoms with E-state index >= 15 is 0 Å². The molecule has 12 heteroatoms. The summed E-state index contributed by atoms with van der Waals surface area (Å²) >= 11 is 5.44. The Labute approximate surface area is 275 Å². The predicted octanol–water partition coefficient (Wildman–Crippen LogP) is 3.86. The van der Waals surface area contributed by atoms with E-state index < -0.39 is 28.7 Å². The fraction of sp³-hybridized carbons (Fsp3) is 0.424. The maximum absolute atomic E-state index is 14.9. The van der Waals surface area contributed by atoms with Crippen molar-refractivity contribution < 1.29 is 19.5 Å². The first kappa shape index (κ1) is 31.5. The highest BCUT2D eigenvalue weighted by Gasteiger charge is 2.76. The van der Waals surface area contributed by atoms with Crippen LogP contribution in [-0.4, -0.2) is 94.2 Å². The number of carbonyl (C=O) groups excluding carboxylic acids is 3. The molecule has 1 N–H and O–H groups in total. The first-order valence-electron chi connectivity index (χ1n) is 15.2. The van der Waals surface area contributed by atoms with Gasteiger partial charge in [-0.15, -0.1) is 30.0 Å². The van der Waals surface area contributed by atoms with E-state index in [1.165, 1.54) is 0 Å². The summed E-state index contributed by atoms with van der Waals surface area (Å²) in [4.78, 5) is 48.8. The van der Waals surface area contributed by atoms with E-state index in [0.717, 1.165) is 11.2 Å². The van der Waals surface area contributed by atoms with Crippen LogP contribution in [0, 0.1) is 11.8 Å². The van der Waals surface area contributed by atoms with Gasteiger partial charge >= 0.3 is 0 Å². The second kappa shape index (κ2) is 12.7. The third-order valence-corrected chi connectivity index (χ3v) is 12.6. The number of anilines is 1. The maximum Gasteiger partial charge on any atom is 0.248 e. The summed E-state index contributed by atoms with van der Waals surface area (Å²) in [7, 11) is 0. The fourth-order valence-corrected chi connectivity index (χ4v) is 11.0.